The van der Waals surface area contributed by atoms with E-state index >= 15 is 0 Å². The number of hydrogen-bond donors (Lipinski definition) is 1. The van der Waals surface area contributed by atoms with E-state index in [1.807, 2.05) is 32.0 Å². The Kier molecular flexibility index (Phi) is 4.78. The zero-order valence-corrected chi connectivity index (χ0v) is 13.4. The lowest BCUT2D eigenvalue weighted by Crippen LogP contribution is -2.04. The second-order valence-corrected chi connectivity index (χ2v) is 6.78. The number of carbonyl (C=O) groups is 1. The van der Waals surface area contributed by atoms with Crippen molar-refractivity contribution in [2.75, 3.05) is 0 Å². The van der Waals surface area contributed by atoms with E-state index in [2.05, 4.69) is 0 Å². The molecule has 0 heterocycles. The summed E-state index contributed by atoms with van der Waals surface area (Å²) in [6.07, 6.45) is 0.882. The van der Waals surface area contributed by atoms with Gasteiger partial charge in [-0.3, -0.25) is 9.35 Å². The Bertz CT molecular complexity index is 790. The molecule has 0 fully saturated rings. The highest BCUT2D eigenvalue weighted by atomic mass is 32.2. The summed E-state index contributed by atoms with van der Waals surface area (Å²) in [6.45, 7) is 3.86. The van der Waals surface area contributed by atoms with Gasteiger partial charge in [0.25, 0.3) is 10.1 Å². The molecule has 0 unspecified atom stereocenters. The van der Waals surface area contributed by atoms with Crippen molar-refractivity contribution in [3.05, 3.63) is 64.7 Å². The molecule has 2 aromatic carbocycles. The van der Waals surface area contributed by atoms with E-state index in [0.29, 0.717) is 12.8 Å². The second kappa shape index (κ2) is 6.42. The van der Waals surface area contributed by atoms with Crippen molar-refractivity contribution in [3.63, 3.8) is 0 Å². The van der Waals surface area contributed by atoms with Gasteiger partial charge in [0.05, 0.1) is 4.90 Å². The topological polar surface area (TPSA) is 71.4 Å². The Hall–Kier alpha value is -1.98. The van der Waals surface area contributed by atoms with Gasteiger partial charge in [0, 0.05) is 12.0 Å². The fourth-order valence-corrected chi connectivity index (χ4v) is 2.74. The molecule has 0 aliphatic rings. The summed E-state index contributed by atoms with van der Waals surface area (Å²) in [5.74, 6) is 0.0695. The first-order chi connectivity index (χ1) is 10.3. The highest BCUT2D eigenvalue weighted by Gasteiger charge is 2.11. The predicted octanol–water partition coefficient (Wildman–Crippen LogP) is 3.37. The van der Waals surface area contributed by atoms with E-state index in [4.69, 9.17) is 4.55 Å². The summed E-state index contributed by atoms with van der Waals surface area (Å²) in [6, 6.07) is 11.7. The van der Waals surface area contributed by atoms with Crippen LogP contribution in [0.4, 0.5) is 0 Å². The van der Waals surface area contributed by atoms with E-state index in [-0.39, 0.29) is 10.7 Å². The van der Waals surface area contributed by atoms with Crippen molar-refractivity contribution in [1.29, 1.82) is 0 Å². The van der Waals surface area contributed by atoms with Crippen LogP contribution in [-0.2, 0) is 16.5 Å². The molecule has 0 aliphatic heterocycles. The molecule has 116 valence electrons. The third-order valence-electron chi connectivity index (χ3n) is 3.56. The van der Waals surface area contributed by atoms with Crippen LogP contribution >= 0.6 is 0 Å². The van der Waals surface area contributed by atoms with Crippen molar-refractivity contribution < 1.29 is 17.8 Å². The summed E-state index contributed by atoms with van der Waals surface area (Å²) in [5.41, 5.74) is 3.59. The number of hydrogen-bond acceptors (Lipinski definition) is 3. The standard InChI is InChI=1S/C17H18O4S/c1-12-3-4-13(2)16(11-12)17(18)10-7-14-5-8-15(9-6-14)22(19,20)21/h3-6,8-9,11H,7,10H2,1-2H3,(H,19,20,21). The molecule has 0 aromatic heterocycles. The van der Waals surface area contributed by atoms with Gasteiger partial charge in [-0.1, -0.05) is 29.8 Å². The SMILES string of the molecule is Cc1ccc(C)c(C(=O)CCc2ccc(S(=O)(=O)O)cc2)c1. The smallest absolute Gasteiger partial charge is 0.294 e. The largest absolute Gasteiger partial charge is 0.294 e. The number of Topliss-reactive ketones (excluding diaryl/α,β-unsaturated/α-hetero) is 1. The lowest BCUT2D eigenvalue weighted by atomic mass is 9.98. The minimum atomic E-state index is -4.17. The van der Waals surface area contributed by atoms with Gasteiger partial charge in [-0.15, -0.1) is 0 Å². The molecule has 0 atom stereocenters. The third-order valence-corrected chi connectivity index (χ3v) is 4.42. The maximum atomic E-state index is 12.3. The fourth-order valence-electron chi connectivity index (χ4n) is 2.26. The van der Waals surface area contributed by atoms with Crippen molar-refractivity contribution in [2.24, 2.45) is 0 Å². The van der Waals surface area contributed by atoms with Crippen LogP contribution < -0.4 is 0 Å². The molecular formula is C17H18O4S. The first-order valence-electron chi connectivity index (χ1n) is 6.94. The van der Waals surface area contributed by atoms with E-state index in [0.717, 1.165) is 22.3 Å². The molecule has 0 spiro atoms. The Morgan fingerprint density at radius 3 is 2.27 bits per heavy atom. The van der Waals surface area contributed by atoms with Gasteiger partial charge in [0.15, 0.2) is 5.78 Å². The van der Waals surface area contributed by atoms with Gasteiger partial charge in [-0.05, 0) is 49.6 Å². The molecule has 0 aliphatic carbocycles. The van der Waals surface area contributed by atoms with E-state index in [1.54, 1.807) is 12.1 Å². The Morgan fingerprint density at radius 2 is 1.68 bits per heavy atom. The zero-order valence-electron chi connectivity index (χ0n) is 12.5. The molecule has 1 N–H and O–H groups in total. The Balaban J connectivity index is 2.07. The molecule has 0 amide bonds. The van der Waals surface area contributed by atoms with Gasteiger partial charge < -0.3 is 0 Å². The lowest BCUT2D eigenvalue weighted by Gasteiger charge is -2.07. The highest BCUT2D eigenvalue weighted by molar-refractivity contribution is 7.85. The second-order valence-electron chi connectivity index (χ2n) is 5.36. The van der Waals surface area contributed by atoms with Crippen LogP contribution in [0.3, 0.4) is 0 Å². The average molecular weight is 318 g/mol. The maximum Gasteiger partial charge on any atom is 0.294 e. The molecule has 0 bridgehead atoms. The Morgan fingerprint density at radius 1 is 1.05 bits per heavy atom. The molecule has 0 saturated heterocycles. The van der Waals surface area contributed by atoms with Crippen LogP contribution in [-0.4, -0.2) is 18.8 Å². The number of benzene rings is 2. The first-order valence-corrected chi connectivity index (χ1v) is 8.38. The van der Waals surface area contributed by atoms with Crippen LogP contribution in [0.5, 0.6) is 0 Å². The Labute approximate surface area is 130 Å². The quantitative estimate of drug-likeness (QED) is 0.678. The van der Waals surface area contributed by atoms with Gasteiger partial charge >= 0.3 is 0 Å². The van der Waals surface area contributed by atoms with Gasteiger partial charge in [0.2, 0.25) is 0 Å². The third kappa shape index (κ3) is 4.02. The van der Waals surface area contributed by atoms with E-state index in [1.165, 1.54) is 12.1 Å². The van der Waals surface area contributed by atoms with Crippen molar-refractivity contribution in [2.45, 2.75) is 31.6 Å². The summed E-state index contributed by atoms with van der Waals surface area (Å²) in [4.78, 5) is 12.1. The van der Waals surface area contributed by atoms with E-state index in [9.17, 15) is 13.2 Å². The number of carbonyl (C=O) groups excluding carboxylic acids is 1. The maximum absolute atomic E-state index is 12.3. The summed E-state index contributed by atoms with van der Waals surface area (Å²) >= 11 is 0. The van der Waals surface area contributed by atoms with Gasteiger partial charge in [-0.25, -0.2) is 0 Å². The number of rotatable bonds is 5. The molecule has 4 nitrogen and oxygen atoms in total. The van der Waals surface area contributed by atoms with Crippen LogP contribution in [0.15, 0.2) is 47.4 Å². The lowest BCUT2D eigenvalue weighted by molar-refractivity contribution is 0.0982. The highest BCUT2D eigenvalue weighted by Crippen LogP contribution is 2.16. The monoisotopic (exact) mass is 318 g/mol. The minimum Gasteiger partial charge on any atom is -0.294 e. The van der Waals surface area contributed by atoms with Crippen LogP contribution in [0, 0.1) is 13.8 Å². The van der Waals surface area contributed by atoms with E-state index < -0.39 is 10.1 Å². The van der Waals surface area contributed by atoms with Crippen molar-refractivity contribution in [1.82, 2.24) is 0 Å². The first kappa shape index (κ1) is 16.4. The molecule has 5 heteroatoms. The molecule has 22 heavy (non-hydrogen) atoms. The van der Waals surface area contributed by atoms with Crippen LogP contribution in [0.1, 0.15) is 33.5 Å². The molecule has 2 aromatic rings. The molecular weight excluding hydrogens is 300 g/mol. The van der Waals surface area contributed by atoms with Crippen molar-refractivity contribution in [3.8, 4) is 0 Å². The van der Waals surface area contributed by atoms with Gasteiger partial charge in [0.1, 0.15) is 0 Å². The molecule has 0 radical (unpaired) electrons. The predicted molar refractivity (Wildman–Crippen MR) is 84.8 cm³/mol. The molecule has 2 rings (SSSR count). The summed E-state index contributed by atoms with van der Waals surface area (Å²) < 4.78 is 30.9. The normalized spacial score (nSPS) is 11.4. The number of ketones is 1. The van der Waals surface area contributed by atoms with Gasteiger partial charge in [-0.2, -0.15) is 8.42 Å². The van der Waals surface area contributed by atoms with Crippen molar-refractivity contribution >= 4 is 15.9 Å². The number of aryl methyl sites for hydroxylation is 3. The summed E-state index contributed by atoms with van der Waals surface area (Å²) in [5, 5.41) is 0. The van der Waals surface area contributed by atoms with Crippen LogP contribution in [0.2, 0.25) is 0 Å². The van der Waals surface area contributed by atoms with Crippen LogP contribution in [0.25, 0.3) is 0 Å². The average Bonchev–Trinajstić information content (AvgIpc) is 2.47. The minimum absolute atomic E-state index is 0.0695. The fraction of sp³-hybridized carbons (Fsp3) is 0.235. The summed E-state index contributed by atoms with van der Waals surface area (Å²) in [7, 11) is -4.17. The molecule has 0 saturated carbocycles. The zero-order chi connectivity index (χ0) is 16.3.